The van der Waals surface area contributed by atoms with Crippen LogP contribution in [0.1, 0.15) is 38.3 Å². The predicted octanol–water partition coefficient (Wildman–Crippen LogP) is 3.47. The Bertz CT molecular complexity index is 854. The Balaban J connectivity index is 2.27. The van der Waals surface area contributed by atoms with Gasteiger partial charge in [0.15, 0.2) is 0 Å². The molecule has 154 valence electrons. The molecule has 0 saturated carbocycles. The number of hydrogen-bond donors (Lipinski definition) is 1. The molecule has 0 aliphatic carbocycles. The average Bonchev–Trinajstić information content (AvgIpc) is 2.72. The average molecular weight is 397 g/mol. The van der Waals surface area contributed by atoms with E-state index in [1.165, 1.54) is 11.0 Å². The lowest BCUT2D eigenvalue weighted by Crippen LogP contribution is -2.49. The van der Waals surface area contributed by atoms with E-state index in [4.69, 9.17) is 0 Å². The molecule has 0 fully saturated rings. The summed E-state index contributed by atoms with van der Waals surface area (Å²) in [6.45, 7) is 5.80. The number of nitro groups is 1. The first-order chi connectivity index (χ1) is 13.8. The molecule has 0 aliphatic heterocycles. The van der Waals surface area contributed by atoms with Crippen LogP contribution >= 0.6 is 0 Å². The highest BCUT2D eigenvalue weighted by Crippen LogP contribution is 2.20. The van der Waals surface area contributed by atoms with Gasteiger partial charge >= 0.3 is 0 Å². The first-order valence-electron chi connectivity index (χ1n) is 9.69. The fourth-order valence-corrected chi connectivity index (χ4v) is 2.93. The zero-order valence-electron chi connectivity index (χ0n) is 17.0. The second-order valence-corrected chi connectivity index (χ2v) is 7.06. The second kappa shape index (κ2) is 10.4. The van der Waals surface area contributed by atoms with Crippen LogP contribution in [0.2, 0.25) is 0 Å². The minimum atomic E-state index is -0.709. The van der Waals surface area contributed by atoms with Crippen LogP contribution in [0.15, 0.2) is 54.6 Å². The standard InChI is InChI=1S/C22H27N3O4/c1-4-16(2)23-22(27)17(3)24(15-18-10-6-5-7-11-18)21(26)14-19-12-8-9-13-20(19)25(28)29/h5-13,16-17H,4,14-15H2,1-3H3,(H,23,27). The van der Waals surface area contributed by atoms with Crippen LogP contribution in [-0.2, 0) is 22.6 Å². The van der Waals surface area contributed by atoms with E-state index in [0.717, 1.165) is 12.0 Å². The molecule has 0 radical (unpaired) electrons. The summed E-state index contributed by atoms with van der Waals surface area (Å²) in [7, 11) is 0. The molecule has 2 atom stereocenters. The van der Waals surface area contributed by atoms with Gasteiger partial charge in [-0.25, -0.2) is 0 Å². The number of carbonyl (C=O) groups excluding carboxylic acids is 2. The predicted molar refractivity (Wildman–Crippen MR) is 111 cm³/mol. The van der Waals surface area contributed by atoms with Crippen molar-refractivity contribution in [1.82, 2.24) is 10.2 Å². The molecule has 29 heavy (non-hydrogen) atoms. The molecule has 7 nitrogen and oxygen atoms in total. The normalized spacial score (nSPS) is 12.7. The highest BCUT2D eigenvalue weighted by molar-refractivity contribution is 5.88. The molecule has 0 heterocycles. The molecule has 0 aromatic heterocycles. The molecule has 0 bridgehead atoms. The summed E-state index contributed by atoms with van der Waals surface area (Å²) < 4.78 is 0. The first-order valence-corrected chi connectivity index (χ1v) is 9.69. The fraction of sp³-hybridized carbons (Fsp3) is 0.364. The number of nitrogens with zero attached hydrogens (tertiary/aromatic N) is 2. The van der Waals surface area contributed by atoms with Crippen LogP contribution < -0.4 is 5.32 Å². The first kappa shape index (κ1) is 22.1. The quantitative estimate of drug-likeness (QED) is 0.518. The summed E-state index contributed by atoms with van der Waals surface area (Å²) in [5.41, 5.74) is 1.11. The summed E-state index contributed by atoms with van der Waals surface area (Å²) in [6.07, 6.45) is 0.631. The van der Waals surface area contributed by atoms with E-state index in [0.29, 0.717) is 5.56 Å². The Hall–Kier alpha value is -3.22. The number of benzene rings is 2. The number of rotatable bonds is 9. The maximum atomic E-state index is 13.1. The highest BCUT2D eigenvalue weighted by Gasteiger charge is 2.28. The van der Waals surface area contributed by atoms with Gasteiger partial charge in [0, 0.05) is 24.2 Å². The minimum absolute atomic E-state index is 0.00571. The lowest BCUT2D eigenvalue weighted by atomic mass is 10.1. The van der Waals surface area contributed by atoms with Crippen molar-refractivity contribution in [2.24, 2.45) is 0 Å². The monoisotopic (exact) mass is 397 g/mol. The third-order valence-corrected chi connectivity index (χ3v) is 4.89. The van der Waals surface area contributed by atoms with Crippen molar-refractivity contribution in [3.63, 3.8) is 0 Å². The zero-order chi connectivity index (χ0) is 21.4. The summed E-state index contributed by atoms with van der Waals surface area (Å²) in [5.74, 6) is -0.582. The van der Waals surface area contributed by atoms with Gasteiger partial charge in [-0.05, 0) is 25.8 Å². The van der Waals surface area contributed by atoms with Gasteiger partial charge in [0.05, 0.1) is 11.3 Å². The molecule has 1 N–H and O–H groups in total. The van der Waals surface area contributed by atoms with E-state index < -0.39 is 11.0 Å². The Morgan fingerprint density at radius 3 is 2.31 bits per heavy atom. The lowest BCUT2D eigenvalue weighted by molar-refractivity contribution is -0.385. The maximum Gasteiger partial charge on any atom is 0.273 e. The zero-order valence-corrected chi connectivity index (χ0v) is 17.0. The number of hydrogen-bond acceptors (Lipinski definition) is 4. The van der Waals surface area contributed by atoms with Crippen molar-refractivity contribution in [3.8, 4) is 0 Å². The van der Waals surface area contributed by atoms with E-state index in [1.54, 1.807) is 25.1 Å². The van der Waals surface area contributed by atoms with Gasteiger partial charge in [-0.15, -0.1) is 0 Å². The molecular formula is C22H27N3O4. The van der Waals surface area contributed by atoms with Crippen LogP contribution in [0.25, 0.3) is 0 Å². The van der Waals surface area contributed by atoms with Gasteiger partial charge < -0.3 is 10.2 Å². The third kappa shape index (κ3) is 6.14. The number of nitrogens with one attached hydrogen (secondary N) is 1. The molecule has 2 amide bonds. The number of amides is 2. The molecule has 0 saturated heterocycles. The summed E-state index contributed by atoms with van der Waals surface area (Å²) >= 11 is 0. The van der Waals surface area contributed by atoms with Crippen LogP contribution in [-0.4, -0.2) is 33.7 Å². The largest absolute Gasteiger partial charge is 0.352 e. The number of para-hydroxylation sites is 1. The van der Waals surface area contributed by atoms with Gasteiger partial charge in [0.1, 0.15) is 6.04 Å². The van der Waals surface area contributed by atoms with Crippen molar-refractivity contribution < 1.29 is 14.5 Å². The Labute approximate surface area is 170 Å². The van der Waals surface area contributed by atoms with E-state index in [1.807, 2.05) is 44.2 Å². The molecule has 2 aromatic rings. The van der Waals surface area contributed by atoms with Crippen molar-refractivity contribution in [2.45, 2.75) is 52.2 Å². The van der Waals surface area contributed by atoms with E-state index in [9.17, 15) is 19.7 Å². The summed E-state index contributed by atoms with van der Waals surface area (Å²) in [5, 5.41) is 14.2. The summed E-state index contributed by atoms with van der Waals surface area (Å²) in [4.78, 5) is 38.0. The van der Waals surface area contributed by atoms with Gasteiger partial charge in [0.25, 0.3) is 5.69 Å². The lowest BCUT2D eigenvalue weighted by Gasteiger charge is -2.29. The Morgan fingerprint density at radius 2 is 1.69 bits per heavy atom. The molecule has 7 heteroatoms. The van der Waals surface area contributed by atoms with Gasteiger partial charge in [-0.1, -0.05) is 55.5 Å². The van der Waals surface area contributed by atoms with Crippen LogP contribution in [0.5, 0.6) is 0 Å². The molecule has 2 rings (SSSR count). The Morgan fingerprint density at radius 1 is 1.07 bits per heavy atom. The van der Waals surface area contributed by atoms with Crippen LogP contribution in [0.4, 0.5) is 5.69 Å². The van der Waals surface area contributed by atoms with Crippen LogP contribution in [0.3, 0.4) is 0 Å². The number of nitro benzene ring substituents is 1. The molecule has 0 aliphatic rings. The van der Waals surface area contributed by atoms with E-state index in [2.05, 4.69) is 5.32 Å². The smallest absolute Gasteiger partial charge is 0.273 e. The second-order valence-electron chi connectivity index (χ2n) is 7.06. The number of carbonyl (C=O) groups is 2. The highest BCUT2D eigenvalue weighted by atomic mass is 16.6. The molecular weight excluding hydrogens is 370 g/mol. The molecule has 2 unspecified atom stereocenters. The fourth-order valence-electron chi connectivity index (χ4n) is 2.93. The van der Waals surface area contributed by atoms with Gasteiger partial charge in [-0.3, -0.25) is 19.7 Å². The minimum Gasteiger partial charge on any atom is -0.352 e. The van der Waals surface area contributed by atoms with Crippen molar-refractivity contribution in [2.75, 3.05) is 0 Å². The summed E-state index contributed by atoms with van der Waals surface area (Å²) in [6, 6.07) is 14.8. The Kier molecular flexibility index (Phi) is 7.88. The molecule has 0 spiro atoms. The molecule has 2 aromatic carbocycles. The van der Waals surface area contributed by atoms with Crippen molar-refractivity contribution in [3.05, 3.63) is 75.8 Å². The van der Waals surface area contributed by atoms with Crippen molar-refractivity contribution >= 4 is 17.5 Å². The topological polar surface area (TPSA) is 92.6 Å². The van der Waals surface area contributed by atoms with E-state index >= 15 is 0 Å². The third-order valence-electron chi connectivity index (χ3n) is 4.89. The van der Waals surface area contributed by atoms with Gasteiger partial charge in [0.2, 0.25) is 11.8 Å². The maximum absolute atomic E-state index is 13.1. The van der Waals surface area contributed by atoms with Crippen LogP contribution in [0, 0.1) is 10.1 Å². The van der Waals surface area contributed by atoms with Crippen molar-refractivity contribution in [1.29, 1.82) is 0 Å². The van der Waals surface area contributed by atoms with Gasteiger partial charge in [-0.2, -0.15) is 0 Å². The SMILES string of the molecule is CCC(C)NC(=O)C(C)N(Cc1ccccc1)C(=O)Cc1ccccc1[N+](=O)[O-]. The van der Waals surface area contributed by atoms with E-state index in [-0.39, 0.29) is 36.5 Å².